The minimum atomic E-state index is -0.859. The highest BCUT2D eigenvalue weighted by molar-refractivity contribution is 6.15. The number of hydrogen-bond donors (Lipinski definition) is 2. The van der Waals surface area contributed by atoms with E-state index in [2.05, 4.69) is 15.2 Å². The Labute approximate surface area is 190 Å². The Morgan fingerprint density at radius 2 is 2.15 bits per heavy atom. The molecule has 1 amide bonds. The van der Waals surface area contributed by atoms with Gasteiger partial charge in [0.1, 0.15) is 11.5 Å². The monoisotopic (exact) mass is 448 g/mol. The molecule has 9 nitrogen and oxygen atoms in total. The number of amides is 1. The van der Waals surface area contributed by atoms with Gasteiger partial charge in [0.25, 0.3) is 0 Å². The molecule has 2 N–H and O–H groups in total. The third kappa shape index (κ3) is 3.90. The fourth-order valence-corrected chi connectivity index (χ4v) is 4.59. The molecule has 170 valence electrons. The highest BCUT2D eigenvalue weighted by Crippen LogP contribution is 2.41. The summed E-state index contributed by atoms with van der Waals surface area (Å²) in [6.07, 6.45) is 5.66. The third-order valence-electron chi connectivity index (χ3n) is 6.44. The first-order chi connectivity index (χ1) is 16.0. The molecule has 0 saturated carbocycles. The molecule has 5 rings (SSSR count). The predicted octanol–water partition coefficient (Wildman–Crippen LogP) is 3.91. The summed E-state index contributed by atoms with van der Waals surface area (Å²) in [4.78, 5) is 29.9. The van der Waals surface area contributed by atoms with E-state index >= 15 is 0 Å². The van der Waals surface area contributed by atoms with Gasteiger partial charge in [-0.3, -0.25) is 9.89 Å². The number of carbonyl (C=O) groups excluding carboxylic acids is 1. The normalized spacial score (nSPS) is 17.4. The van der Waals surface area contributed by atoms with Crippen LogP contribution in [0, 0.1) is 5.92 Å². The van der Waals surface area contributed by atoms with Crippen molar-refractivity contribution in [2.45, 2.75) is 25.7 Å². The van der Waals surface area contributed by atoms with Gasteiger partial charge in [0.2, 0.25) is 5.78 Å². The average Bonchev–Trinajstić information content (AvgIpc) is 3.39. The van der Waals surface area contributed by atoms with Crippen molar-refractivity contribution in [3.63, 3.8) is 0 Å². The Morgan fingerprint density at radius 3 is 2.91 bits per heavy atom. The molecule has 0 aliphatic carbocycles. The van der Waals surface area contributed by atoms with Gasteiger partial charge >= 0.3 is 6.09 Å². The lowest BCUT2D eigenvalue weighted by Crippen LogP contribution is -2.37. The fraction of sp³-hybridized carbons (Fsp3) is 0.333. The number of nitrogens with zero attached hydrogens (tertiary/aromatic N) is 3. The number of carbonyl (C=O) groups is 2. The lowest BCUT2D eigenvalue weighted by Gasteiger charge is -2.30. The molecule has 3 aromatic rings. The Bertz CT molecular complexity index is 1260. The smallest absolute Gasteiger partial charge is 0.407 e. The summed E-state index contributed by atoms with van der Waals surface area (Å²) in [5, 5.41) is 17.1. The summed E-state index contributed by atoms with van der Waals surface area (Å²) < 4.78 is 11.6. The molecule has 9 heteroatoms. The van der Waals surface area contributed by atoms with Crippen LogP contribution in [0.15, 0.2) is 36.2 Å². The number of aromatic nitrogens is 3. The standard InChI is InChI=1S/C24H24N4O5/c1-32-19-7-6-17-21(29)20(13-18-15-3-2-10-25-23(15)27-26-18)33-22(17)16(19)5-4-14-8-11-28(12-9-14)24(30)31/h2-3,6-7,10,13-14H,4-5,8-9,11-12H2,1H3,(H,30,31)(H,25,26,27). The first kappa shape index (κ1) is 21.0. The lowest BCUT2D eigenvalue weighted by atomic mass is 9.89. The lowest BCUT2D eigenvalue weighted by molar-refractivity contribution is 0.101. The van der Waals surface area contributed by atoms with E-state index in [1.54, 1.807) is 31.5 Å². The molecule has 33 heavy (non-hydrogen) atoms. The van der Waals surface area contributed by atoms with Crippen LogP contribution in [-0.4, -0.2) is 57.3 Å². The fourth-order valence-electron chi connectivity index (χ4n) is 4.59. The molecule has 1 fully saturated rings. The molecule has 0 radical (unpaired) electrons. The van der Waals surface area contributed by atoms with Gasteiger partial charge in [-0.1, -0.05) is 0 Å². The zero-order valence-corrected chi connectivity index (χ0v) is 18.2. The minimum absolute atomic E-state index is 0.191. The van der Waals surface area contributed by atoms with Crippen LogP contribution < -0.4 is 9.47 Å². The number of fused-ring (bicyclic) bond motifs is 2. The van der Waals surface area contributed by atoms with Crippen molar-refractivity contribution >= 4 is 29.0 Å². The second kappa shape index (κ2) is 8.57. The van der Waals surface area contributed by atoms with E-state index in [0.717, 1.165) is 30.2 Å². The number of ether oxygens (including phenoxy) is 2. The van der Waals surface area contributed by atoms with Crippen LogP contribution >= 0.6 is 0 Å². The number of pyridine rings is 1. The number of benzene rings is 1. The highest BCUT2D eigenvalue weighted by atomic mass is 16.5. The molecule has 1 saturated heterocycles. The summed E-state index contributed by atoms with van der Waals surface area (Å²) in [6, 6.07) is 7.24. The van der Waals surface area contributed by atoms with Gasteiger partial charge < -0.3 is 19.5 Å². The quantitative estimate of drug-likeness (QED) is 0.568. The molecule has 2 aliphatic rings. The predicted molar refractivity (Wildman–Crippen MR) is 120 cm³/mol. The molecule has 0 unspecified atom stereocenters. The topological polar surface area (TPSA) is 118 Å². The first-order valence-corrected chi connectivity index (χ1v) is 11.0. The number of likely N-dealkylation sites (tertiary alicyclic amines) is 1. The summed E-state index contributed by atoms with van der Waals surface area (Å²) in [5.41, 5.74) is 2.60. The molecular weight excluding hydrogens is 424 g/mol. The molecular formula is C24H24N4O5. The van der Waals surface area contributed by atoms with Crippen LogP contribution in [0.1, 0.15) is 40.9 Å². The van der Waals surface area contributed by atoms with Gasteiger partial charge in [0, 0.05) is 36.3 Å². The van der Waals surface area contributed by atoms with Gasteiger partial charge in [-0.2, -0.15) is 5.10 Å². The number of methoxy groups -OCH3 is 1. The largest absolute Gasteiger partial charge is 0.496 e. The Balaban J connectivity index is 1.38. The van der Waals surface area contributed by atoms with Crippen LogP contribution in [0.5, 0.6) is 11.5 Å². The molecule has 2 aliphatic heterocycles. The number of rotatable bonds is 5. The van der Waals surface area contributed by atoms with Crippen LogP contribution in [0.2, 0.25) is 0 Å². The second-order valence-corrected chi connectivity index (χ2v) is 8.32. The molecule has 1 aromatic carbocycles. The summed E-state index contributed by atoms with van der Waals surface area (Å²) in [6.45, 7) is 1.11. The SMILES string of the molecule is COc1ccc2c(c1CCC1CCN(C(=O)O)CC1)OC(=Cc1n[nH]c3ncccc13)C2=O. The Hall–Kier alpha value is -3.88. The molecule has 0 bridgehead atoms. The second-order valence-electron chi connectivity index (χ2n) is 8.32. The minimum Gasteiger partial charge on any atom is -0.496 e. The van der Waals surface area contributed by atoms with E-state index < -0.39 is 6.09 Å². The number of allylic oxidation sites excluding steroid dienone is 1. The first-order valence-electron chi connectivity index (χ1n) is 11.0. The maximum atomic E-state index is 13.1. The van der Waals surface area contributed by atoms with E-state index in [1.165, 1.54) is 4.90 Å². The van der Waals surface area contributed by atoms with Crippen molar-refractivity contribution in [1.82, 2.24) is 20.1 Å². The molecule has 4 heterocycles. The van der Waals surface area contributed by atoms with Crippen molar-refractivity contribution in [3.05, 3.63) is 53.0 Å². The average molecular weight is 448 g/mol. The number of aromatic amines is 1. The number of ketones is 1. The van der Waals surface area contributed by atoms with Gasteiger partial charge in [0.15, 0.2) is 11.4 Å². The molecule has 2 aromatic heterocycles. The van der Waals surface area contributed by atoms with Crippen LogP contribution in [0.25, 0.3) is 17.1 Å². The number of H-pyrrole nitrogens is 1. The zero-order valence-electron chi connectivity index (χ0n) is 18.2. The summed E-state index contributed by atoms with van der Waals surface area (Å²) in [5.74, 6) is 1.65. The van der Waals surface area contributed by atoms with Gasteiger partial charge in [-0.25, -0.2) is 9.78 Å². The van der Waals surface area contributed by atoms with Crippen LogP contribution in [0.3, 0.4) is 0 Å². The molecule has 0 spiro atoms. The van der Waals surface area contributed by atoms with E-state index in [0.29, 0.717) is 53.8 Å². The Kier molecular flexibility index (Phi) is 5.45. The number of Topliss-reactive ketones (excluding diaryl/α,β-unsaturated/α-hetero) is 1. The van der Waals surface area contributed by atoms with Crippen molar-refractivity contribution in [2.24, 2.45) is 5.92 Å². The summed E-state index contributed by atoms with van der Waals surface area (Å²) >= 11 is 0. The van der Waals surface area contributed by atoms with Crippen molar-refractivity contribution in [3.8, 4) is 11.5 Å². The van der Waals surface area contributed by atoms with Gasteiger partial charge in [-0.15, -0.1) is 0 Å². The maximum absolute atomic E-state index is 13.1. The maximum Gasteiger partial charge on any atom is 0.407 e. The van der Waals surface area contributed by atoms with Crippen LogP contribution in [0.4, 0.5) is 4.79 Å². The molecule has 0 atom stereocenters. The van der Waals surface area contributed by atoms with E-state index in [4.69, 9.17) is 14.6 Å². The van der Waals surface area contributed by atoms with Gasteiger partial charge in [-0.05, 0) is 55.9 Å². The third-order valence-corrected chi connectivity index (χ3v) is 6.44. The summed E-state index contributed by atoms with van der Waals surface area (Å²) in [7, 11) is 1.60. The number of piperidine rings is 1. The van der Waals surface area contributed by atoms with Crippen molar-refractivity contribution in [1.29, 1.82) is 0 Å². The highest BCUT2D eigenvalue weighted by Gasteiger charge is 2.32. The van der Waals surface area contributed by atoms with Crippen molar-refractivity contribution in [2.75, 3.05) is 20.2 Å². The number of hydrogen-bond acceptors (Lipinski definition) is 6. The number of nitrogens with one attached hydrogen (secondary N) is 1. The van der Waals surface area contributed by atoms with Crippen LogP contribution in [-0.2, 0) is 6.42 Å². The Morgan fingerprint density at radius 1 is 1.33 bits per heavy atom. The van der Waals surface area contributed by atoms with E-state index in [9.17, 15) is 9.59 Å². The van der Waals surface area contributed by atoms with E-state index in [-0.39, 0.29) is 11.5 Å². The van der Waals surface area contributed by atoms with Gasteiger partial charge in [0.05, 0.1) is 18.4 Å². The zero-order chi connectivity index (χ0) is 22.9. The number of carboxylic acid groups (broad SMARTS) is 1. The van der Waals surface area contributed by atoms with E-state index in [1.807, 2.05) is 12.1 Å². The van der Waals surface area contributed by atoms with Crippen molar-refractivity contribution < 1.29 is 24.2 Å².